The molecule has 0 saturated heterocycles. The van der Waals surface area contributed by atoms with Crippen LogP contribution in [-0.2, 0) is 11.2 Å². The second-order valence-corrected chi connectivity index (χ2v) is 5.22. The molecule has 1 aliphatic rings. The van der Waals surface area contributed by atoms with Gasteiger partial charge in [0.15, 0.2) is 0 Å². The van der Waals surface area contributed by atoms with Gasteiger partial charge in [-0.05, 0) is 43.0 Å². The highest BCUT2D eigenvalue weighted by Crippen LogP contribution is 2.27. The minimum atomic E-state index is 0.142. The van der Waals surface area contributed by atoms with Crippen molar-refractivity contribution >= 4 is 11.6 Å². The summed E-state index contributed by atoms with van der Waals surface area (Å²) in [6.07, 6.45) is 4.90. The number of benzene rings is 1. The molecule has 2 N–H and O–H groups in total. The number of hydrogen-bond donors (Lipinski definition) is 2. The highest BCUT2D eigenvalue weighted by Gasteiger charge is 2.15. The van der Waals surface area contributed by atoms with Crippen molar-refractivity contribution in [3.8, 4) is 0 Å². The number of fused-ring (bicyclic) bond motifs is 1. The SMILES string of the molecule is CCCC(NCC)c1ccc2c(c1)CCCC(=O)N2. The van der Waals surface area contributed by atoms with Crippen LogP contribution >= 0.6 is 0 Å². The molecule has 0 aromatic heterocycles. The Bertz CT molecular complexity index is 436. The lowest BCUT2D eigenvalue weighted by atomic mass is 9.97. The highest BCUT2D eigenvalue weighted by atomic mass is 16.1. The largest absolute Gasteiger partial charge is 0.326 e. The van der Waals surface area contributed by atoms with E-state index in [1.807, 2.05) is 0 Å². The van der Waals surface area contributed by atoms with E-state index in [0.717, 1.165) is 31.5 Å². The molecule has 0 saturated carbocycles. The van der Waals surface area contributed by atoms with Crippen molar-refractivity contribution in [3.05, 3.63) is 29.3 Å². The van der Waals surface area contributed by atoms with Crippen LogP contribution in [0.3, 0.4) is 0 Å². The Morgan fingerprint density at radius 1 is 1.32 bits per heavy atom. The molecule has 19 heavy (non-hydrogen) atoms. The third kappa shape index (κ3) is 3.57. The summed E-state index contributed by atoms with van der Waals surface area (Å²) in [4.78, 5) is 11.5. The average molecular weight is 260 g/mol. The third-order valence-electron chi connectivity index (χ3n) is 3.68. The van der Waals surface area contributed by atoms with E-state index < -0.39 is 0 Å². The zero-order valence-electron chi connectivity index (χ0n) is 12.0. The maximum atomic E-state index is 11.5. The molecule has 0 radical (unpaired) electrons. The van der Waals surface area contributed by atoms with Crippen molar-refractivity contribution in [1.29, 1.82) is 0 Å². The van der Waals surface area contributed by atoms with Crippen molar-refractivity contribution < 1.29 is 4.79 Å². The molecule has 1 amide bonds. The fourth-order valence-corrected chi connectivity index (χ4v) is 2.73. The van der Waals surface area contributed by atoms with Crippen LogP contribution in [-0.4, -0.2) is 12.5 Å². The van der Waals surface area contributed by atoms with Gasteiger partial charge in [-0.1, -0.05) is 32.4 Å². The van der Waals surface area contributed by atoms with Gasteiger partial charge in [-0.15, -0.1) is 0 Å². The van der Waals surface area contributed by atoms with Crippen molar-refractivity contribution in [3.63, 3.8) is 0 Å². The lowest BCUT2D eigenvalue weighted by Crippen LogP contribution is -2.21. The number of amides is 1. The Balaban J connectivity index is 2.23. The molecule has 0 spiro atoms. The van der Waals surface area contributed by atoms with Crippen LogP contribution in [0.5, 0.6) is 0 Å². The fourth-order valence-electron chi connectivity index (χ4n) is 2.73. The minimum Gasteiger partial charge on any atom is -0.326 e. The summed E-state index contributed by atoms with van der Waals surface area (Å²) < 4.78 is 0. The number of nitrogens with one attached hydrogen (secondary N) is 2. The van der Waals surface area contributed by atoms with E-state index in [-0.39, 0.29) is 5.91 Å². The van der Waals surface area contributed by atoms with Gasteiger partial charge in [-0.25, -0.2) is 0 Å². The number of rotatable bonds is 5. The van der Waals surface area contributed by atoms with Crippen LogP contribution in [0.25, 0.3) is 0 Å². The molecular weight excluding hydrogens is 236 g/mol. The van der Waals surface area contributed by atoms with Crippen molar-refractivity contribution in [2.45, 2.75) is 52.0 Å². The minimum absolute atomic E-state index is 0.142. The van der Waals surface area contributed by atoms with Crippen molar-refractivity contribution in [1.82, 2.24) is 5.32 Å². The topological polar surface area (TPSA) is 41.1 Å². The van der Waals surface area contributed by atoms with Gasteiger partial charge in [0.2, 0.25) is 5.91 Å². The molecule has 1 aromatic carbocycles. The zero-order valence-corrected chi connectivity index (χ0v) is 12.0. The first-order chi connectivity index (χ1) is 9.24. The summed E-state index contributed by atoms with van der Waals surface area (Å²) in [5, 5.41) is 6.54. The first kappa shape index (κ1) is 14.1. The summed E-state index contributed by atoms with van der Waals surface area (Å²) in [7, 11) is 0. The normalized spacial score (nSPS) is 16.4. The molecule has 2 rings (SSSR count). The average Bonchev–Trinajstić information content (AvgIpc) is 2.58. The van der Waals surface area contributed by atoms with Gasteiger partial charge >= 0.3 is 0 Å². The molecule has 1 heterocycles. The molecule has 0 fully saturated rings. The number of carbonyl (C=O) groups excluding carboxylic acids is 1. The standard InChI is InChI=1S/C16H24N2O/c1-3-6-14(17-4-2)13-9-10-15-12(11-13)7-5-8-16(19)18-15/h9-11,14,17H,3-8H2,1-2H3,(H,18,19). The maximum absolute atomic E-state index is 11.5. The van der Waals surface area contributed by atoms with E-state index in [1.54, 1.807) is 0 Å². The Kier molecular flexibility index (Phi) is 4.97. The summed E-state index contributed by atoms with van der Waals surface area (Å²) >= 11 is 0. The van der Waals surface area contributed by atoms with Gasteiger partial charge in [0.05, 0.1) is 0 Å². The van der Waals surface area contributed by atoms with Gasteiger partial charge in [0.25, 0.3) is 0 Å². The molecule has 0 bridgehead atoms. The molecule has 104 valence electrons. The molecular formula is C16H24N2O. The van der Waals surface area contributed by atoms with Crippen molar-refractivity contribution in [2.75, 3.05) is 11.9 Å². The summed E-state index contributed by atoms with van der Waals surface area (Å²) in [5.74, 6) is 0.142. The lowest BCUT2D eigenvalue weighted by molar-refractivity contribution is -0.116. The quantitative estimate of drug-likeness (QED) is 0.851. The van der Waals surface area contributed by atoms with Gasteiger partial charge in [-0.3, -0.25) is 4.79 Å². The fraction of sp³-hybridized carbons (Fsp3) is 0.562. The van der Waals surface area contributed by atoms with Gasteiger partial charge in [0, 0.05) is 18.2 Å². The van der Waals surface area contributed by atoms with Crippen molar-refractivity contribution in [2.24, 2.45) is 0 Å². The second kappa shape index (κ2) is 6.71. The molecule has 1 aliphatic heterocycles. The summed E-state index contributed by atoms with van der Waals surface area (Å²) in [6, 6.07) is 6.91. The Morgan fingerprint density at radius 2 is 2.16 bits per heavy atom. The monoisotopic (exact) mass is 260 g/mol. The number of hydrogen-bond acceptors (Lipinski definition) is 2. The van der Waals surface area contributed by atoms with Crippen LogP contribution in [0.15, 0.2) is 18.2 Å². The van der Waals surface area contributed by atoms with E-state index in [4.69, 9.17) is 0 Å². The second-order valence-electron chi connectivity index (χ2n) is 5.22. The Morgan fingerprint density at radius 3 is 2.89 bits per heavy atom. The van der Waals surface area contributed by atoms with Crippen LogP contribution in [0.4, 0.5) is 5.69 Å². The Labute approximate surface area is 115 Å². The van der Waals surface area contributed by atoms with Crippen LogP contribution in [0.2, 0.25) is 0 Å². The smallest absolute Gasteiger partial charge is 0.224 e. The van der Waals surface area contributed by atoms with Gasteiger partial charge in [-0.2, -0.15) is 0 Å². The zero-order chi connectivity index (χ0) is 13.7. The predicted octanol–water partition coefficient (Wildman–Crippen LogP) is 3.41. The molecule has 3 heteroatoms. The maximum Gasteiger partial charge on any atom is 0.224 e. The molecule has 0 aliphatic carbocycles. The van der Waals surface area contributed by atoms with Gasteiger partial charge in [0.1, 0.15) is 0 Å². The molecule has 1 atom stereocenters. The third-order valence-corrected chi connectivity index (χ3v) is 3.68. The molecule has 1 unspecified atom stereocenters. The lowest BCUT2D eigenvalue weighted by Gasteiger charge is -2.19. The Hall–Kier alpha value is -1.35. The first-order valence-corrected chi connectivity index (χ1v) is 7.40. The summed E-state index contributed by atoms with van der Waals surface area (Å²) in [6.45, 7) is 5.35. The van der Waals surface area contributed by atoms with Crippen LogP contribution in [0.1, 0.15) is 56.7 Å². The first-order valence-electron chi connectivity index (χ1n) is 7.40. The number of anilines is 1. The number of carbonyl (C=O) groups is 1. The van der Waals surface area contributed by atoms with Gasteiger partial charge < -0.3 is 10.6 Å². The van der Waals surface area contributed by atoms with E-state index in [9.17, 15) is 4.79 Å². The number of aryl methyl sites for hydroxylation is 1. The predicted molar refractivity (Wildman–Crippen MR) is 79.3 cm³/mol. The highest BCUT2D eigenvalue weighted by molar-refractivity contribution is 5.92. The summed E-state index contributed by atoms with van der Waals surface area (Å²) in [5.41, 5.74) is 3.62. The molecule has 3 nitrogen and oxygen atoms in total. The van der Waals surface area contributed by atoms with E-state index in [0.29, 0.717) is 12.5 Å². The molecule has 1 aromatic rings. The van der Waals surface area contributed by atoms with Crippen LogP contribution in [0, 0.1) is 0 Å². The van der Waals surface area contributed by atoms with E-state index in [1.165, 1.54) is 17.5 Å². The van der Waals surface area contributed by atoms with E-state index >= 15 is 0 Å². The van der Waals surface area contributed by atoms with E-state index in [2.05, 4.69) is 42.7 Å². The van der Waals surface area contributed by atoms with Crippen LogP contribution < -0.4 is 10.6 Å².